The van der Waals surface area contributed by atoms with Crippen molar-refractivity contribution < 1.29 is 9.21 Å². The molecule has 3 nitrogen and oxygen atoms in total. The summed E-state index contributed by atoms with van der Waals surface area (Å²) < 4.78 is 4.92. The average Bonchev–Trinajstić information content (AvgIpc) is 2.68. The fraction of sp³-hybridized carbons (Fsp3) is 0.615. The van der Waals surface area contributed by atoms with Gasteiger partial charge in [0.2, 0.25) is 5.22 Å². The normalized spacial score (nSPS) is 29.0. The SMILES string of the molecule is CC1CCC(NC(=O)c2ccoc2Cl)C(C)C1. The highest BCUT2D eigenvalue weighted by Crippen LogP contribution is 2.29. The van der Waals surface area contributed by atoms with E-state index in [4.69, 9.17) is 16.0 Å². The molecule has 2 rings (SSSR count). The van der Waals surface area contributed by atoms with Gasteiger partial charge in [-0.15, -0.1) is 0 Å². The fourth-order valence-electron chi connectivity index (χ4n) is 2.58. The van der Waals surface area contributed by atoms with Gasteiger partial charge in [0.15, 0.2) is 0 Å². The predicted octanol–water partition coefficient (Wildman–Crippen LogP) is 3.49. The van der Waals surface area contributed by atoms with E-state index in [1.807, 2.05) is 0 Å². The van der Waals surface area contributed by atoms with Gasteiger partial charge in [0.05, 0.1) is 11.8 Å². The van der Waals surface area contributed by atoms with Gasteiger partial charge in [0.25, 0.3) is 5.91 Å². The molecule has 1 aliphatic carbocycles. The summed E-state index contributed by atoms with van der Waals surface area (Å²) in [7, 11) is 0. The fourth-order valence-corrected chi connectivity index (χ4v) is 2.78. The maximum atomic E-state index is 12.0. The Balaban J connectivity index is 1.97. The number of hydrogen-bond donors (Lipinski definition) is 1. The summed E-state index contributed by atoms with van der Waals surface area (Å²) in [5.41, 5.74) is 0.428. The Labute approximate surface area is 107 Å². The molecule has 0 spiro atoms. The Kier molecular flexibility index (Phi) is 3.77. The molecule has 1 N–H and O–H groups in total. The van der Waals surface area contributed by atoms with Gasteiger partial charge < -0.3 is 9.73 Å². The standard InChI is InChI=1S/C13H18ClNO2/c1-8-3-4-11(9(2)7-8)15-13(16)10-5-6-17-12(10)14/h5-6,8-9,11H,3-4,7H2,1-2H3,(H,15,16). The number of hydrogen-bond acceptors (Lipinski definition) is 2. The lowest BCUT2D eigenvalue weighted by atomic mass is 9.80. The molecule has 1 heterocycles. The molecule has 94 valence electrons. The highest BCUT2D eigenvalue weighted by molar-refractivity contribution is 6.32. The van der Waals surface area contributed by atoms with Crippen LogP contribution in [-0.4, -0.2) is 11.9 Å². The molecular weight excluding hydrogens is 238 g/mol. The van der Waals surface area contributed by atoms with Crippen LogP contribution in [0.2, 0.25) is 5.22 Å². The molecule has 1 aliphatic rings. The van der Waals surface area contributed by atoms with Crippen LogP contribution in [0.4, 0.5) is 0 Å². The van der Waals surface area contributed by atoms with E-state index in [1.54, 1.807) is 6.07 Å². The summed E-state index contributed by atoms with van der Waals surface area (Å²) in [5.74, 6) is 1.15. The Bertz CT molecular complexity index is 402. The van der Waals surface area contributed by atoms with Gasteiger partial charge in [0.1, 0.15) is 0 Å². The molecule has 17 heavy (non-hydrogen) atoms. The minimum atomic E-state index is -0.129. The van der Waals surface area contributed by atoms with Crippen LogP contribution in [0, 0.1) is 11.8 Å². The van der Waals surface area contributed by atoms with Crippen LogP contribution in [0.3, 0.4) is 0 Å². The summed E-state index contributed by atoms with van der Waals surface area (Å²) >= 11 is 5.78. The van der Waals surface area contributed by atoms with Gasteiger partial charge in [-0.1, -0.05) is 13.8 Å². The van der Waals surface area contributed by atoms with Crippen LogP contribution in [0.5, 0.6) is 0 Å². The molecule has 1 fully saturated rings. The molecule has 1 aromatic heterocycles. The smallest absolute Gasteiger partial charge is 0.256 e. The zero-order valence-corrected chi connectivity index (χ0v) is 11.0. The third-order valence-corrected chi connectivity index (χ3v) is 3.90. The summed E-state index contributed by atoms with van der Waals surface area (Å²) in [4.78, 5) is 12.0. The van der Waals surface area contributed by atoms with Crippen molar-refractivity contribution in [3.05, 3.63) is 23.1 Å². The number of nitrogens with one attached hydrogen (secondary N) is 1. The highest BCUT2D eigenvalue weighted by Gasteiger charge is 2.27. The van der Waals surface area contributed by atoms with Crippen molar-refractivity contribution in [2.45, 2.75) is 39.2 Å². The quantitative estimate of drug-likeness (QED) is 0.879. The van der Waals surface area contributed by atoms with Crippen LogP contribution in [0.25, 0.3) is 0 Å². The van der Waals surface area contributed by atoms with E-state index in [2.05, 4.69) is 19.2 Å². The number of rotatable bonds is 2. The van der Waals surface area contributed by atoms with Crippen LogP contribution >= 0.6 is 11.6 Å². The number of halogens is 1. The molecular formula is C13H18ClNO2. The van der Waals surface area contributed by atoms with Gasteiger partial charge in [-0.25, -0.2) is 0 Å². The number of furan rings is 1. The lowest BCUT2D eigenvalue weighted by molar-refractivity contribution is 0.0899. The lowest BCUT2D eigenvalue weighted by Crippen LogP contribution is -2.42. The van der Waals surface area contributed by atoms with E-state index in [0.717, 1.165) is 12.3 Å². The first kappa shape index (κ1) is 12.5. The van der Waals surface area contributed by atoms with Crippen molar-refractivity contribution in [2.75, 3.05) is 0 Å². The van der Waals surface area contributed by atoms with Crippen molar-refractivity contribution in [3.63, 3.8) is 0 Å². The van der Waals surface area contributed by atoms with Gasteiger partial charge in [-0.2, -0.15) is 0 Å². The third-order valence-electron chi connectivity index (χ3n) is 3.61. The average molecular weight is 256 g/mol. The first-order valence-electron chi connectivity index (χ1n) is 6.11. The number of amides is 1. The molecule has 3 atom stereocenters. The van der Waals surface area contributed by atoms with Gasteiger partial charge in [-0.05, 0) is 48.8 Å². The lowest BCUT2D eigenvalue weighted by Gasteiger charge is -2.33. The molecule has 1 amide bonds. The topological polar surface area (TPSA) is 42.2 Å². The van der Waals surface area contributed by atoms with Gasteiger partial charge in [-0.3, -0.25) is 4.79 Å². The minimum Gasteiger partial charge on any atom is -0.452 e. The highest BCUT2D eigenvalue weighted by atomic mass is 35.5. The van der Waals surface area contributed by atoms with Crippen molar-refractivity contribution in [2.24, 2.45) is 11.8 Å². The van der Waals surface area contributed by atoms with Crippen molar-refractivity contribution >= 4 is 17.5 Å². The van der Waals surface area contributed by atoms with E-state index in [-0.39, 0.29) is 17.2 Å². The van der Waals surface area contributed by atoms with E-state index in [0.29, 0.717) is 11.5 Å². The van der Waals surface area contributed by atoms with E-state index in [9.17, 15) is 4.79 Å². The molecule has 0 aliphatic heterocycles. The van der Waals surface area contributed by atoms with E-state index < -0.39 is 0 Å². The van der Waals surface area contributed by atoms with E-state index in [1.165, 1.54) is 19.1 Å². The molecule has 1 saturated carbocycles. The summed E-state index contributed by atoms with van der Waals surface area (Å²) in [5, 5.41) is 3.22. The summed E-state index contributed by atoms with van der Waals surface area (Å²) in [6.07, 6.45) is 4.83. The molecule has 0 aromatic carbocycles. The zero-order chi connectivity index (χ0) is 12.4. The van der Waals surface area contributed by atoms with Crippen LogP contribution in [0.1, 0.15) is 43.5 Å². The second-order valence-electron chi connectivity index (χ2n) is 5.08. The van der Waals surface area contributed by atoms with Crippen molar-refractivity contribution in [3.8, 4) is 0 Å². The van der Waals surface area contributed by atoms with Crippen molar-refractivity contribution in [1.82, 2.24) is 5.32 Å². The minimum absolute atomic E-state index is 0.129. The zero-order valence-electron chi connectivity index (χ0n) is 10.2. The van der Waals surface area contributed by atoms with Crippen LogP contribution in [-0.2, 0) is 0 Å². The molecule has 0 radical (unpaired) electrons. The summed E-state index contributed by atoms with van der Waals surface area (Å²) in [6, 6.07) is 1.86. The van der Waals surface area contributed by atoms with Crippen LogP contribution < -0.4 is 5.32 Å². The Morgan fingerprint density at radius 3 is 2.82 bits per heavy atom. The van der Waals surface area contributed by atoms with E-state index >= 15 is 0 Å². The molecule has 0 saturated heterocycles. The first-order chi connectivity index (χ1) is 8.08. The predicted molar refractivity (Wildman–Crippen MR) is 67.2 cm³/mol. The van der Waals surface area contributed by atoms with Gasteiger partial charge >= 0.3 is 0 Å². The largest absolute Gasteiger partial charge is 0.452 e. The van der Waals surface area contributed by atoms with Gasteiger partial charge in [0, 0.05) is 6.04 Å². The van der Waals surface area contributed by atoms with Crippen molar-refractivity contribution in [1.29, 1.82) is 0 Å². The number of carbonyl (C=O) groups is 1. The first-order valence-corrected chi connectivity index (χ1v) is 6.49. The molecule has 3 unspecified atom stereocenters. The Hall–Kier alpha value is -0.960. The Morgan fingerprint density at radius 1 is 1.47 bits per heavy atom. The maximum Gasteiger partial charge on any atom is 0.256 e. The second-order valence-corrected chi connectivity index (χ2v) is 5.43. The molecule has 1 aromatic rings. The molecule has 4 heteroatoms. The second kappa shape index (κ2) is 5.13. The Morgan fingerprint density at radius 2 is 2.24 bits per heavy atom. The maximum absolute atomic E-state index is 12.0. The third kappa shape index (κ3) is 2.83. The van der Waals surface area contributed by atoms with Crippen LogP contribution in [0.15, 0.2) is 16.7 Å². The number of carbonyl (C=O) groups excluding carboxylic acids is 1. The summed E-state index contributed by atoms with van der Waals surface area (Å²) in [6.45, 7) is 4.46. The molecule has 0 bridgehead atoms. The monoisotopic (exact) mass is 255 g/mol.